The highest BCUT2D eigenvalue weighted by Gasteiger charge is 2.30. The van der Waals surface area contributed by atoms with E-state index in [1.807, 2.05) is 39.0 Å². The zero-order valence-corrected chi connectivity index (χ0v) is 14.0. The molecule has 1 saturated heterocycles. The van der Waals surface area contributed by atoms with E-state index in [-0.39, 0.29) is 6.09 Å². The molecule has 5 heteroatoms. The number of ether oxygens (including phenoxy) is 3. The first-order valence-corrected chi connectivity index (χ1v) is 7.54. The summed E-state index contributed by atoms with van der Waals surface area (Å²) in [6.45, 7) is 7.03. The van der Waals surface area contributed by atoms with Crippen LogP contribution in [0.25, 0.3) is 0 Å². The van der Waals surface area contributed by atoms with Gasteiger partial charge in [0.1, 0.15) is 5.60 Å². The Kier molecular flexibility index (Phi) is 4.84. The van der Waals surface area contributed by atoms with Gasteiger partial charge >= 0.3 is 6.09 Å². The molecule has 0 spiro atoms. The van der Waals surface area contributed by atoms with Gasteiger partial charge < -0.3 is 19.1 Å². The summed E-state index contributed by atoms with van der Waals surface area (Å²) in [7, 11) is 3.25. The van der Waals surface area contributed by atoms with Crippen molar-refractivity contribution < 1.29 is 19.0 Å². The molecule has 0 bridgehead atoms. The van der Waals surface area contributed by atoms with Crippen LogP contribution < -0.4 is 9.47 Å². The van der Waals surface area contributed by atoms with Crippen LogP contribution in [-0.4, -0.2) is 43.9 Å². The Hall–Kier alpha value is -1.91. The van der Waals surface area contributed by atoms with Gasteiger partial charge in [-0.2, -0.15) is 0 Å². The molecule has 1 heterocycles. The number of nitrogens with zero attached hydrogens (tertiary/aromatic N) is 1. The Morgan fingerprint density at radius 1 is 1.18 bits per heavy atom. The van der Waals surface area contributed by atoms with Crippen molar-refractivity contribution in [2.45, 2.75) is 38.7 Å². The van der Waals surface area contributed by atoms with Gasteiger partial charge in [0.25, 0.3) is 0 Å². The van der Waals surface area contributed by atoms with Crippen LogP contribution in [0.3, 0.4) is 0 Å². The number of benzene rings is 1. The molecule has 5 nitrogen and oxygen atoms in total. The number of carbonyl (C=O) groups is 1. The van der Waals surface area contributed by atoms with Gasteiger partial charge in [0.05, 0.1) is 14.2 Å². The molecule has 1 aromatic carbocycles. The van der Waals surface area contributed by atoms with Gasteiger partial charge in [-0.05, 0) is 44.9 Å². The lowest BCUT2D eigenvalue weighted by Gasteiger charge is -2.24. The largest absolute Gasteiger partial charge is 0.493 e. The summed E-state index contributed by atoms with van der Waals surface area (Å²) >= 11 is 0. The number of hydrogen-bond donors (Lipinski definition) is 0. The van der Waals surface area contributed by atoms with E-state index in [9.17, 15) is 4.79 Å². The highest BCUT2D eigenvalue weighted by atomic mass is 16.6. The third kappa shape index (κ3) is 3.84. The molecule has 1 fully saturated rings. The van der Waals surface area contributed by atoms with Crippen LogP contribution in [0.15, 0.2) is 18.2 Å². The van der Waals surface area contributed by atoms with Crippen molar-refractivity contribution in [1.29, 1.82) is 0 Å². The fourth-order valence-electron chi connectivity index (χ4n) is 2.63. The van der Waals surface area contributed by atoms with Gasteiger partial charge in [0.2, 0.25) is 0 Å². The van der Waals surface area contributed by atoms with Gasteiger partial charge in [-0.3, -0.25) is 0 Å². The molecule has 1 unspecified atom stereocenters. The second kappa shape index (κ2) is 6.46. The predicted molar refractivity (Wildman–Crippen MR) is 84.7 cm³/mol. The topological polar surface area (TPSA) is 48.0 Å². The van der Waals surface area contributed by atoms with E-state index in [0.717, 1.165) is 17.7 Å². The molecule has 0 aliphatic carbocycles. The minimum Gasteiger partial charge on any atom is -0.493 e. The summed E-state index contributed by atoms with van der Waals surface area (Å²) in [6.07, 6.45) is 0.685. The van der Waals surface area contributed by atoms with E-state index in [0.29, 0.717) is 24.8 Å². The Labute approximate surface area is 132 Å². The molecule has 1 aliphatic rings. The van der Waals surface area contributed by atoms with Crippen LogP contribution in [0, 0.1) is 0 Å². The van der Waals surface area contributed by atoms with Crippen LogP contribution in [0.5, 0.6) is 11.5 Å². The molecule has 22 heavy (non-hydrogen) atoms. The molecule has 0 N–H and O–H groups in total. The van der Waals surface area contributed by atoms with E-state index >= 15 is 0 Å². The van der Waals surface area contributed by atoms with Gasteiger partial charge in [-0.25, -0.2) is 4.79 Å². The smallest absolute Gasteiger partial charge is 0.410 e. The van der Waals surface area contributed by atoms with E-state index in [2.05, 4.69) is 0 Å². The first-order chi connectivity index (χ1) is 10.3. The van der Waals surface area contributed by atoms with Crippen molar-refractivity contribution in [3.05, 3.63) is 23.8 Å². The SMILES string of the molecule is COc1ccc(C2CCN(C(=O)OC(C)(C)C)C2)cc1OC. The van der Waals surface area contributed by atoms with Crippen LogP contribution in [0.2, 0.25) is 0 Å². The Balaban J connectivity index is 2.05. The van der Waals surface area contributed by atoms with Crippen molar-refractivity contribution in [1.82, 2.24) is 4.90 Å². The number of likely N-dealkylation sites (tertiary alicyclic amines) is 1. The summed E-state index contributed by atoms with van der Waals surface area (Å²) in [5.74, 6) is 1.73. The van der Waals surface area contributed by atoms with Gasteiger partial charge in [-0.1, -0.05) is 6.07 Å². The molecular weight excluding hydrogens is 282 g/mol. The average Bonchev–Trinajstić information content (AvgIpc) is 2.94. The first kappa shape index (κ1) is 16.5. The summed E-state index contributed by atoms with van der Waals surface area (Å²) in [6, 6.07) is 5.93. The Bertz CT molecular complexity index is 536. The van der Waals surface area contributed by atoms with Crippen LogP contribution >= 0.6 is 0 Å². The van der Waals surface area contributed by atoms with Crippen LogP contribution in [0.4, 0.5) is 4.79 Å². The zero-order chi connectivity index (χ0) is 16.3. The maximum absolute atomic E-state index is 12.1. The third-order valence-corrected chi connectivity index (χ3v) is 3.72. The molecule has 1 aromatic rings. The number of methoxy groups -OCH3 is 2. The van der Waals surface area contributed by atoms with E-state index < -0.39 is 5.60 Å². The van der Waals surface area contributed by atoms with Crippen molar-refractivity contribution in [2.75, 3.05) is 27.3 Å². The van der Waals surface area contributed by atoms with Gasteiger partial charge in [-0.15, -0.1) is 0 Å². The molecule has 122 valence electrons. The number of carbonyl (C=O) groups excluding carboxylic acids is 1. The second-order valence-electron chi connectivity index (χ2n) is 6.53. The molecule has 0 saturated carbocycles. The lowest BCUT2D eigenvalue weighted by Crippen LogP contribution is -2.35. The van der Waals surface area contributed by atoms with Gasteiger partial charge in [0.15, 0.2) is 11.5 Å². The predicted octanol–water partition coefficient (Wildman–Crippen LogP) is 3.43. The summed E-state index contributed by atoms with van der Waals surface area (Å²) in [4.78, 5) is 13.9. The summed E-state index contributed by atoms with van der Waals surface area (Å²) in [5.41, 5.74) is 0.696. The Morgan fingerprint density at radius 2 is 1.86 bits per heavy atom. The average molecular weight is 307 g/mol. The minimum atomic E-state index is -0.460. The zero-order valence-electron chi connectivity index (χ0n) is 14.0. The molecule has 1 atom stereocenters. The first-order valence-electron chi connectivity index (χ1n) is 7.54. The lowest BCUT2D eigenvalue weighted by molar-refractivity contribution is 0.0292. The molecule has 2 rings (SSSR count). The maximum atomic E-state index is 12.1. The number of amides is 1. The number of hydrogen-bond acceptors (Lipinski definition) is 4. The highest BCUT2D eigenvalue weighted by Crippen LogP contribution is 2.34. The normalized spacial score (nSPS) is 18.2. The summed E-state index contributed by atoms with van der Waals surface area (Å²) in [5, 5.41) is 0. The third-order valence-electron chi connectivity index (χ3n) is 3.72. The monoisotopic (exact) mass is 307 g/mol. The fraction of sp³-hybridized carbons (Fsp3) is 0.588. The van der Waals surface area contributed by atoms with E-state index in [1.165, 1.54) is 0 Å². The van der Waals surface area contributed by atoms with Crippen molar-refractivity contribution >= 4 is 6.09 Å². The lowest BCUT2D eigenvalue weighted by atomic mass is 9.98. The highest BCUT2D eigenvalue weighted by molar-refractivity contribution is 5.68. The second-order valence-corrected chi connectivity index (χ2v) is 6.53. The summed E-state index contributed by atoms with van der Waals surface area (Å²) < 4.78 is 16.0. The standard InChI is InChI=1S/C17H25NO4/c1-17(2,3)22-16(19)18-9-8-13(11-18)12-6-7-14(20-4)15(10-12)21-5/h6-7,10,13H,8-9,11H2,1-5H3. The quantitative estimate of drug-likeness (QED) is 0.858. The van der Waals surface area contributed by atoms with Crippen molar-refractivity contribution in [3.8, 4) is 11.5 Å². The van der Waals surface area contributed by atoms with Crippen LogP contribution in [-0.2, 0) is 4.74 Å². The molecule has 0 aromatic heterocycles. The fourth-order valence-corrected chi connectivity index (χ4v) is 2.63. The van der Waals surface area contributed by atoms with Gasteiger partial charge in [0, 0.05) is 19.0 Å². The van der Waals surface area contributed by atoms with E-state index in [4.69, 9.17) is 14.2 Å². The molecule has 0 radical (unpaired) electrons. The molecule has 1 aliphatic heterocycles. The van der Waals surface area contributed by atoms with E-state index in [1.54, 1.807) is 19.1 Å². The molecular formula is C17H25NO4. The van der Waals surface area contributed by atoms with Crippen LogP contribution in [0.1, 0.15) is 38.7 Å². The van der Waals surface area contributed by atoms with Crippen molar-refractivity contribution in [2.24, 2.45) is 0 Å². The van der Waals surface area contributed by atoms with Crippen molar-refractivity contribution in [3.63, 3.8) is 0 Å². The minimum absolute atomic E-state index is 0.240. The maximum Gasteiger partial charge on any atom is 0.410 e. The number of rotatable bonds is 3. The molecule has 1 amide bonds. The Morgan fingerprint density at radius 3 is 2.45 bits per heavy atom.